The molecule has 0 nitrogen and oxygen atoms in total. The van der Waals surface area contributed by atoms with E-state index in [4.69, 9.17) is 0 Å². The van der Waals surface area contributed by atoms with E-state index in [0.29, 0.717) is 0 Å². The lowest BCUT2D eigenvalue weighted by Crippen LogP contribution is -1.88. The Morgan fingerprint density at radius 1 is 0.422 bits per heavy atom. The smallest absolute Gasteiger partial charge is 0.0395 e. The molecule has 0 bridgehead atoms. The van der Waals surface area contributed by atoms with Gasteiger partial charge in [0.15, 0.2) is 0 Å². The maximum Gasteiger partial charge on any atom is -0.0395 e. The van der Waals surface area contributed by atoms with Crippen LogP contribution in [0.4, 0.5) is 0 Å². The predicted molar refractivity (Wildman–Crippen MR) is 219 cm³/mol. The van der Waals surface area contributed by atoms with E-state index >= 15 is 0 Å². The molecule has 0 aromatic heterocycles. The minimum atomic E-state index is 0.833. The van der Waals surface area contributed by atoms with Gasteiger partial charge in [0.1, 0.15) is 0 Å². The first-order valence-corrected chi connectivity index (χ1v) is 19.9. The molecule has 0 saturated heterocycles. The van der Waals surface area contributed by atoms with Crippen LogP contribution in [0.5, 0.6) is 0 Å². The SMILES string of the molecule is CC(C)C.CCC(C)C.CCC(C)CC.CCCC(C)C.CCCC(C)CC.CCCCCC(C)C.Cc1ccc(C)c(C)c1. The van der Waals surface area contributed by atoms with Gasteiger partial charge in [-0.1, -0.05) is 225 Å². The van der Waals surface area contributed by atoms with Crippen molar-refractivity contribution < 1.29 is 0 Å². The topological polar surface area (TPSA) is 0 Å². The molecule has 0 saturated carbocycles. The van der Waals surface area contributed by atoms with Gasteiger partial charge >= 0.3 is 0 Å². The van der Waals surface area contributed by atoms with Gasteiger partial charge < -0.3 is 0 Å². The van der Waals surface area contributed by atoms with Crippen LogP contribution in [0.15, 0.2) is 18.2 Å². The molecule has 0 heteroatoms. The number of hydrogen-bond acceptors (Lipinski definition) is 0. The van der Waals surface area contributed by atoms with Gasteiger partial charge in [0.05, 0.1) is 0 Å². The first-order chi connectivity index (χ1) is 20.9. The highest BCUT2D eigenvalue weighted by Gasteiger charge is 1.93. The highest BCUT2D eigenvalue weighted by Crippen LogP contribution is 2.09. The second kappa shape index (κ2) is 45.3. The Hall–Kier alpha value is -0.780. The van der Waals surface area contributed by atoms with Crippen LogP contribution in [0.1, 0.15) is 218 Å². The van der Waals surface area contributed by atoms with Gasteiger partial charge in [0, 0.05) is 0 Å². The van der Waals surface area contributed by atoms with Gasteiger partial charge in [-0.2, -0.15) is 0 Å². The molecule has 276 valence electrons. The summed E-state index contributed by atoms with van der Waals surface area (Å²) < 4.78 is 0. The molecule has 45 heavy (non-hydrogen) atoms. The van der Waals surface area contributed by atoms with E-state index in [9.17, 15) is 0 Å². The third-order valence-electron chi connectivity index (χ3n) is 7.60. The zero-order chi connectivity index (χ0) is 36.8. The summed E-state index contributed by atoms with van der Waals surface area (Å²) in [5.74, 6) is 5.40. The fourth-order valence-electron chi connectivity index (χ4n) is 3.26. The van der Waals surface area contributed by atoms with Crippen molar-refractivity contribution in [3.63, 3.8) is 0 Å². The molecule has 0 N–H and O–H groups in total. The molecule has 0 radical (unpaired) electrons. The molecule has 0 spiro atoms. The van der Waals surface area contributed by atoms with Crippen molar-refractivity contribution in [1.82, 2.24) is 0 Å². The Labute approximate surface area is 292 Å². The Kier molecular flexibility index (Phi) is 57.0. The van der Waals surface area contributed by atoms with Crippen LogP contribution in [0.2, 0.25) is 0 Å². The lowest BCUT2D eigenvalue weighted by atomic mass is 10.0. The van der Waals surface area contributed by atoms with Crippen molar-refractivity contribution in [3.05, 3.63) is 34.9 Å². The maximum atomic E-state index is 2.31. The molecule has 0 fully saturated rings. The summed E-state index contributed by atoms with van der Waals surface area (Å²) in [7, 11) is 0. The minimum Gasteiger partial charge on any atom is -0.0654 e. The number of benzene rings is 1. The minimum absolute atomic E-state index is 0.833. The van der Waals surface area contributed by atoms with E-state index < -0.39 is 0 Å². The van der Waals surface area contributed by atoms with Gasteiger partial charge in [-0.15, -0.1) is 0 Å². The Morgan fingerprint density at radius 3 is 1.00 bits per heavy atom. The molecule has 0 aliphatic rings. The summed E-state index contributed by atoms with van der Waals surface area (Å²) in [6, 6.07) is 6.50. The number of aryl methyl sites for hydroxylation is 3. The van der Waals surface area contributed by atoms with Crippen molar-refractivity contribution in [2.24, 2.45) is 35.5 Å². The van der Waals surface area contributed by atoms with Crippen LogP contribution >= 0.6 is 0 Å². The normalized spacial score (nSPS) is 10.5. The Balaban J connectivity index is -0.000000100. The average Bonchev–Trinajstić information content (AvgIpc) is 2.96. The fourth-order valence-corrected chi connectivity index (χ4v) is 3.26. The van der Waals surface area contributed by atoms with E-state index in [2.05, 4.69) is 164 Å². The molecule has 0 amide bonds. The summed E-state index contributed by atoms with van der Waals surface area (Å²) in [4.78, 5) is 0. The van der Waals surface area contributed by atoms with Crippen LogP contribution in [0.3, 0.4) is 0 Å². The lowest BCUT2D eigenvalue weighted by Gasteiger charge is -2.02. The summed E-state index contributed by atoms with van der Waals surface area (Å²) in [6.45, 7) is 46.6. The third-order valence-corrected chi connectivity index (χ3v) is 7.60. The van der Waals surface area contributed by atoms with Crippen LogP contribution < -0.4 is 0 Å². The standard InChI is InChI=1S/C9H12.C8H18.C7H16.2C6H14.C5H12.C4H10/c1-7-4-5-8(2)9(3)6-7;1-4-5-6-7-8(2)3;1-4-6-7(3)5-2;1-4-5-6(2)3;1-4-6(3)5-2;1-4-5(2)3;1-4(2)3/h4-6H,1-3H3;8H,4-7H2,1-3H3;7H,4-6H2,1-3H3;2*6H,4-5H2,1-3H3;5H,4H2,1-3H3;4H,1-3H3. The predicted octanol–water partition coefficient (Wildman–Crippen LogP) is 17.3. The summed E-state index contributed by atoms with van der Waals surface area (Å²) >= 11 is 0. The van der Waals surface area contributed by atoms with E-state index in [1.54, 1.807) is 0 Å². The Morgan fingerprint density at radius 2 is 0.822 bits per heavy atom. The molecule has 1 aromatic rings. The van der Waals surface area contributed by atoms with Crippen molar-refractivity contribution >= 4 is 0 Å². The number of hydrogen-bond donors (Lipinski definition) is 0. The van der Waals surface area contributed by atoms with Crippen LogP contribution in [-0.4, -0.2) is 0 Å². The summed E-state index contributed by atoms with van der Waals surface area (Å²) in [5.41, 5.74) is 4.11. The first kappa shape index (κ1) is 56.5. The zero-order valence-electron chi connectivity index (χ0n) is 36.2. The van der Waals surface area contributed by atoms with Crippen LogP contribution in [0.25, 0.3) is 0 Å². The lowest BCUT2D eigenvalue weighted by molar-refractivity contribution is 0.509. The second-order valence-electron chi connectivity index (χ2n) is 15.4. The number of unbranched alkanes of at least 4 members (excludes halogenated alkanes) is 2. The zero-order valence-corrected chi connectivity index (χ0v) is 36.2. The molecule has 0 heterocycles. The molecule has 1 aromatic carbocycles. The van der Waals surface area contributed by atoms with Crippen molar-refractivity contribution in [2.45, 2.75) is 222 Å². The van der Waals surface area contributed by atoms with Gasteiger partial charge in [-0.25, -0.2) is 0 Å². The molecular weight excluding hydrogens is 540 g/mol. The summed E-state index contributed by atoms with van der Waals surface area (Å²) in [6.07, 6.45) is 16.4. The highest BCUT2D eigenvalue weighted by molar-refractivity contribution is 5.28. The van der Waals surface area contributed by atoms with Crippen LogP contribution in [0, 0.1) is 56.3 Å². The van der Waals surface area contributed by atoms with Gasteiger partial charge in [0.25, 0.3) is 0 Å². The number of rotatable bonds is 12. The molecule has 0 aliphatic heterocycles. The van der Waals surface area contributed by atoms with Crippen molar-refractivity contribution in [2.75, 3.05) is 0 Å². The van der Waals surface area contributed by atoms with Gasteiger partial charge in [0.2, 0.25) is 0 Å². The molecular formula is C45H96. The maximum absolute atomic E-state index is 2.31. The molecule has 1 rings (SSSR count). The molecule has 0 aliphatic carbocycles. The van der Waals surface area contributed by atoms with E-state index in [0.717, 1.165) is 35.5 Å². The average molecular weight is 637 g/mol. The molecule has 1 atom stereocenters. The van der Waals surface area contributed by atoms with Crippen molar-refractivity contribution in [1.29, 1.82) is 0 Å². The third kappa shape index (κ3) is 75.3. The largest absolute Gasteiger partial charge is 0.0654 e. The van der Waals surface area contributed by atoms with Gasteiger partial charge in [-0.05, 0) is 67.4 Å². The van der Waals surface area contributed by atoms with E-state index in [1.807, 2.05) is 0 Å². The van der Waals surface area contributed by atoms with Crippen molar-refractivity contribution in [3.8, 4) is 0 Å². The highest BCUT2D eigenvalue weighted by atomic mass is 14.0. The second-order valence-corrected chi connectivity index (χ2v) is 15.4. The van der Waals surface area contributed by atoms with Crippen LogP contribution in [-0.2, 0) is 0 Å². The Bertz CT molecular complexity index is 600. The monoisotopic (exact) mass is 637 g/mol. The van der Waals surface area contributed by atoms with E-state index in [1.165, 1.54) is 93.7 Å². The molecule has 1 unspecified atom stereocenters. The quantitative estimate of drug-likeness (QED) is 0.200. The van der Waals surface area contributed by atoms with Gasteiger partial charge in [-0.3, -0.25) is 0 Å². The van der Waals surface area contributed by atoms with E-state index in [-0.39, 0.29) is 0 Å². The first-order valence-electron chi connectivity index (χ1n) is 19.9. The summed E-state index contributed by atoms with van der Waals surface area (Å²) in [5, 5.41) is 0. The fraction of sp³-hybridized carbons (Fsp3) is 0.867.